The van der Waals surface area contributed by atoms with Crippen LogP contribution in [0.15, 0.2) is 70.1 Å². The summed E-state index contributed by atoms with van der Waals surface area (Å²) < 4.78 is 19.5. The fourth-order valence-electron chi connectivity index (χ4n) is 2.83. The van der Waals surface area contributed by atoms with Gasteiger partial charge in [-0.1, -0.05) is 12.1 Å². The SMILES string of the molecule is O=C(O)c1cc(-c2ccc3occc3c2)nn(Cc2ccc(F)cc2)c1=O. The molecule has 0 radical (unpaired) electrons. The molecule has 0 fully saturated rings. The van der Waals surface area contributed by atoms with Gasteiger partial charge in [0.25, 0.3) is 5.56 Å². The van der Waals surface area contributed by atoms with E-state index < -0.39 is 17.3 Å². The van der Waals surface area contributed by atoms with E-state index >= 15 is 0 Å². The van der Waals surface area contributed by atoms with Gasteiger partial charge in [-0.3, -0.25) is 4.79 Å². The highest BCUT2D eigenvalue weighted by Gasteiger charge is 2.16. The lowest BCUT2D eigenvalue weighted by atomic mass is 10.1. The molecular formula is C20H13FN2O4. The van der Waals surface area contributed by atoms with Gasteiger partial charge in [0.05, 0.1) is 18.5 Å². The van der Waals surface area contributed by atoms with Gasteiger partial charge in [0, 0.05) is 10.9 Å². The molecule has 0 saturated heterocycles. The molecule has 0 aliphatic heterocycles. The Morgan fingerprint density at radius 1 is 1.11 bits per heavy atom. The van der Waals surface area contributed by atoms with Crippen LogP contribution in [0.4, 0.5) is 4.39 Å². The molecule has 4 aromatic rings. The Morgan fingerprint density at radius 2 is 1.89 bits per heavy atom. The first-order chi connectivity index (χ1) is 13.0. The van der Waals surface area contributed by atoms with Crippen molar-refractivity contribution in [2.45, 2.75) is 6.54 Å². The summed E-state index contributed by atoms with van der Waals surface area (Å²) in [6, 6.07) is 13.9. The van der Waals surface area contributed by atoms with Crippen molar-refractivity contribution < 1.29 is 18.7 Å². The fraction of sp³-hybridized carbons (Fsp3) is 0.0500. The maximum Gasteiger partial charge on any atom is 0.341 e. The van der Waals surface area contributed by atoms with Crippen LogP contribution in [0, 0.1) is 5.82 Å². The van der Waals surface area contributed by atoms with E-state index in [1.807, 2.05) is 0 Å². The largest absolute Gasteiger partial charge is 0.477 e. The molecule has 6 nitrogen and oxygen atoms in total. The van der Waals surface area contributed by atoms with Crippen LogP contribution in [0.5, 0.6) is 0 Å². The van der Waals surface area contributed by atoms with Crippen molar-refractivity contribution in [2.24, 2.45) is 0 Å². The summed E-state index contributed by atoms with van der Waals surface area (Å²) in [6.07, 6.45) is 1.56. The molecule has 2 aromatic heterocycles. The number of benzene rings is 2. The molecule has 0 aliphatic rings. The number of nitrogens with zero attached hydrogens (tertiary/aromatic N) is 2. The summed E-state index contributed by atoms with van der Waals surface area (Å²) in [4.78, 5) is 24.0. The monoisotopic (exact) mass is 364 g/mol. The Kier molecular flexibility index (Phi) is 4.04. The summed E-state index contributed by atoms with van der Waals surface area (Å²) in [5.41, 5.74) is 1.22. The Hall–Kier alpha value is -3.74. The lowest BCUT2D eigenvalue weighted by Crippen LogP contribution is -2.29. The maximum atomic E-state index is 13.1. The Labute approximate surface area is 152 Å². The average molecular weight is 364 g/mol. The number of carboxylic acids is 1. The topological polar surface area (TPSA) is 85.3 Å². The first-order valence-corrected chi connectivity index (χ1v) is 8.09. The maximum absolute atomic E-state index is 13.1. The van der Waals surface area contributed by atoms with E-state index in [0.717, 1.165) is 10.1 Å². The number of halogens is 1. The van der Waals surface area contributed by atoms with Gasteiger partial charge in [-0.15, -0.1) is 0 Å². The summed E-state index contributed by atoms with van der Waals surface area (Å²) >= 11 is 0. The number of furan rings is 1. The highest BCUT2D eigenvalue weighted by atomic mass is 19.1. The van der Waals surface area contributed by atoms with E-state index in [1.54, 1.807) is 30.5 Å². The quantitative estimate of drug-likeness (QED) is 0.599. The number of aromatic carboxylic acids is 1. The van der Waals surface area contributed by atoms with Crippen LogP contribution < -0.4 is 5.56 Å². The van der Waals surface area contributed by atoms with Gasteiger partial charge in [-0.2, -0.15) is 5.10 Å². The van der Waals surface area contributed by atoms with E-state index in [2.05, 4.69) is 5.10 Å². The normalized spacial score (nSPS) is 11.0. The van der Waals surface area contributed by atoms with Crippen LogP contribution in [-0.2, 0) is 6.54 Å². The lowest BCUT2D eigenvalue weighted by molar-refractivity contribution is 0.0693. The lowest BCUT2D eigenvalue weighted by Gasteiger charge is -2.10. The molecule has 4 rings (SSSR count). The van der Waals surface area contributed by atoms with Crippen molar-refractivity contribution in [1.29, 1.82) is 0 Å². The van der Waals surface area contributed by atoms with Crippen molar-refractivity contribution in [3.8, 4) is 11.3 Å². The summed E-state index contributed by atoms with van der Waals surface area (Å²) in [5, 5.41) is 14.5. The molecular weight excluding hydrogens is 351 g/mol. The third-order valence-corrected chi connectivity index (χ3v) is 4.20. The second kappa shape index (κ2) is 6.53. The van der Waals surface area contributed by atoms with Gasteiger partial charge >= 0.3 is 5.97 Å². The number of rotatable bonds is 4. The summed E-state index contributed by atoms with van der Waals surface area (Å²) in [6.45, 7) is 0.0290. The first-order valence-electron chi connectivity index (χ1n) is 8.09. The van der Waals surface area contributed by atoms with Crippen LogP contribution in [-0.4, -0.2) is 20.9 Å². The van der Waals surface area contributed by atoms with E-state index in [1.165, 1.54) is 30.3 Å². The number of hydrogen-bond acceptors (Lipinski definition) is 4. The molecule has 0 bridgehead atoms. The molecule has 0 atom stereocenters. The average Bonchev–Trinajstić information content (AvgIpc) is 3.12. The second-order valence-electron chi connectivity index (χ2n) is 6.01. The van der Waals surface area contributed by atoms with Crippen molar-refractivity contribution in [1.82, 2.24) is 9.78 Å². The zero-order chi connectivity index (χ0) is 19.0. The fourth-order valence-corrected chi connectivity index (χ4v) is 2.83. The first kappa shape index (κ1) is 16.7. The number of aromatic nitrogens is 2. The molecule has 0 unspecified atom stereocenters. The van der Waals surface area contributed by atoms with E-state index in [0.29, 0.717) is 22.4 Å². The zero-order valence-corrected chi connectivity index (χ0v) is 13.9. The third-order valence-electron chi connectivity index (χ3n) is 4.20. The number of fused-ring (bicyclic) bond motifs is 1. The predicted molar refractivity (Wildman–Crippen MR) is 96.2 cm³/mol. The van der Waals surface area contributed by atoms with Crippen LogP contribution in [0.2, 0.25) is 0 Å². The summed E-state index contributed by atoms with van der Waals surface area (Å²) in [5.74, 6) is -1.73. The Bertz CT molecular complexity index is 1210. The van der Waals surface area contributed by atoms with Crippen molar-refractivity contribution in [3.63, 3.8) is 0 Å². The summed E-state index contributed by atoms with van der Waals surface area (Å²) in [7, 11) is 0. The minimum absolute atomic E-state index is 0.0290. The zero-order valence-electron chi connectivity index (χ0n) is 13.9. The van der Waals surface area contributed by atoms with Crippen molar-refractivity contribution >= 4 is 16.9 Å². The standard InChI is InChI=1S/C20H13FN2O4/c21-15-4-1-12(2-5-15)11-23-19(24)16(20(25)26)10-17(22-23)13-3-6-18-14(9-13)7-8-27-18/h1-10H,11H2,(H,25,26). The van der Waals surface area contributed by atoms with E-state index in [4.69, 9.17) is 4.42 Å². The molecule has 134 valence electrons. The van der Waals surface area contributed by atoms with Gasteiger partial charge in [0.2, 0.25) is 0 Å². The molecule has 27 heavy (non-hydrogen) atoms. The van der Waals surface area contributed by atoms with Gasteiger partial charge < -0.3 is 9.52 Å². The highest BCUT2D eigenvalue weighted by molar-refractivity contribution is 5.89. The second-order valence-corrected chi connectivity index (χ2v) is 6.01. The molecule has 7 heteroatoms. The molecule has 0 spiro atoms. The highest BCUT2D eigenvalue weighted by Crippen LogP contribution is 2.24. The number of carbonyl (C=O) groups is 1. The van der Waals surface area contributed by atoms with Crippen molar-refractivity contribution in [2.75, 3.05) is 0 Å². The number of hydrogen-bond donors (Lipinski definition) is 1. The molecule has 1 N–H and O–H groups in total. The minimum Gasteiger partial charge on any atom is -0.477 e. The molecule has 0 amide bonds. The van der Waals surface area contributed by atoms with Gasteiger partial charge in [0.15, 0.2) is 0 Å². The van der Waals surface area contributed by atoms with E-state index in [-0.39, 0.29) is 12.1 Å². The van der Waals surface area contributed by atoms with Crippen LogP contribution in [0.3, 0.4) is 0 Å². The predicted octanol–water partition coefficient (Wildman–Crippen LogP) is 3.54. The Morgan fingerprint density at radius 3 is 2.63 bits per heavy atom. The molecule has 0 saturated carbocycles. The van der Waals surface area contributed by atoms with Gasteiger partial charge in [-0.05, 0) is 48.0 Å². The Balaban J connectivity index is 1.84. The molecule has 2 heterocycles. The van der Waals surface area contributed by atoms with E-state index in [9.17, 15) is 19.1 Å². The smallest absolute Gasteiger partial charge is 0.341 e. The minimum atomic E-state index is -1.33. The van der Waals surface area contributed by atoms with Crippen LogP contribution in [0.1, 0.15) is 15.9 Å². The molecule has 0 aliphatic carbocycles. The van der Waals surface area contributed by atoms with Crippen LogP contribution >= 0.6 is 0 Å². The van der Waals surface area contributed by atoms with Gasteiger partial charge in [0.1, 0.15) is 17.0 Å². The number of carboxylic acid groups (broad SMARTS) is 1. The van der Waals surface area contributed by atoms with Gasteiger partial charge in [-0.25, -0.2) is 13.9 Å². The van der Waals surface area contributed by atoms with Crippen molar-refractivity contribution in [3.05, 3.63) is 88.2 Å². The van der Waals surface area contributed by atoms with Crippen LogP contribution in [0.25, 0.3) is 22.2 Å². The molecule has 2 aromatic carbocycles. The third kappa shape index (κ3) is 3.22.